The number of amides is 1. The molecule has 5 nitrogen and oxygen atoms in total. The van der Waals surface area contributed by atoms with E-state index in [9.17, 15) is 9.90 Å². The molecule has 1 amide bonds. The Balaban J connectivity index is 2.17. The quantitative estimate of drug-likeness (QED) is 0.882. The number of nitrogens with zero attached hydrogens (tertiary/aromatic N) is 2. The zero-order valence-electron chi connectivity index (χ0n) is 11.0. The average molecular weight is 252 g/mol. The summed E-state index contributed by atoms with van der Waals surface area (Å²) in [5.74, 6) is 0.777. The van der Waals surface area contributed by atoms with Gasteiger partial charge in [0.2, 0.25) is 0 Å². The van der Waals surface area contributed by atoms with Crippen LogP contribution < -0.4 is 0 Å². The molecule has 18 heavy (non-hydrogen) atoms. The average Bonchev–Trinajstić information content (AvgIpc) is 2.79. The predicted molar refractivity (Wildman–Crippen MR) is 66.3 cm³/mol. The molecule has 1 N–H and O–H groups in total. The fourth-order valence-corrected chi connectivity index (χ4v) is 2.49. The fourth-order valence-electron chi connectivity index (χ4n) is 2.49. The topological polar surface area (TPSA) is 66.6 Å². The molecule has 0 aromatic carbocycles. The van der Waals surface area contributed by atoms with E-state index >= 15 is 0 Å². The zero-order valence-corrected chi connectivity index (χ0v) is 11.0. The van der Waals surface area contributed by atoms with Crippen LogP contribution in [-0.4, -0.2) is 40.8 Å². The first-order valence-electron chi connectivity index (χ1n) is 6.52. The van der Waals surface area contributed by atoms with Gasteiger partial charge in [0.25, 0.3) is 5.91 Å². The van der Waals surface area contributed by atoms with Crippen molar-refractivity contribution in [3.8, 4) is 0 Å². The Morgan fingerprint density at radius 1 is 1.61 bits per heavy atom. The highest BCUT2D eigenvalue weighted by molar-refractivity contribution is 5.96. The zero-order chi connectivity index (χ0) is 13.1. The Hall–Kier alpha value is -1.36. The SMILES string of the molecule is CCc1noc(C)c1C(=O)N1CCCC(CO)C1. The van der Waals surface area contributed by atoms with Crippen LogP contribution in [0.2, 0.25) is 0 Å². The number of piperidine rings is 1. The molecule has 0 radical (unpaired) electrons. The third kappa shape index (κ3) is 2.41. The van der Waals surface area contributed by atoms with E-state index < -0.39 is 0 Å². The maximum Gasteiger partial charge on any atom is 0.259 e. The molecule has 1 aromatic heterocycles. The minimum atomic E-state index is -0.0104. The number of carbonyl (C=O) groups excluding carboxylic acids is 1. The Morgan fingerprint density at radius 3 is 3.06 bits per heavy atom. The van der Waals surface area contributed by atoms with E-state index in [2.05, 4.69) is 5.16 Å². The molecule has 0 aliphatic carbocycles. The highest BCUT2D eigenvalue weighted by Crippen LogP contribution is 2.21. The molecule has 2 rings (SSSR count). The lowest BCUT2D eigenvalue weighted by atomic mass is 9.98. The summed E-state index contributed by atoms with van der Waals surface area (Å²) < 4.78 is 5.10. The number of rotatable bonds is 3. The molecule has 1 aromatic rings. The largest absolute Gasteiger partial charge is 0.396 e. The highest BCUT2D eigenvalue weighted by Gasteiger charge is 2.28. The van der Waals surface area contributed by atoms with Crippen molar-refractivity contribution >= 4 is 5.91 Å². The number of aromatic nitrogens is 1. The van der Waals surface area contributed by atoms with E-state index in [1.807, 2.05) is 11.8 Å². The molecular formula is C13H20N2O3. The minimum absolute atomic E-state index is 0.0104. The second-order valence-corrected chi connectivity index (χ2v) is 4.86. The number of aliphatic hydroxyl groups excluding tert-OH is 1. The smallest absolute Gasteiger partial charge is 0.259 e. The van der Waals surface area contributed by atoms with Gasteiger partial charge in [-0.2, -0.15) is 0 Å². The minimum Gasteiger partial charge on any atom is -0.396 e. The normalized spacial score (nSPS) is 20.2. The molecule has 1 unspecified atom stereocenters. The first kappa shape index (κ1) is 13.1. The maximum atomic E-state index is 12.5. The number of aliphatic hydroxyl groups is 1. The van der Waals surface area contributed by atoms with Gasteiger partial charge in [0.05, 0.1) is 5.69 Å². The summed E-state index contributed by atoms with van der Waals surface area (Å²) in [6.45, 7) is 5.26. The van der Waals surface area contributed by atoms with E-state index in [4.69, 9.17) is 4.52 Å². The van der Waals surface area contributed by atoms with Crippen LogP contribution in [0, 0.1) is 12.8 Å². The number of likely N-dealkylation sites (tertiary alicyclic amines) is 1. The Labute approximate surface area is 107 Å². The number of aryl methyl sites for hydroxylation is 2. The summed E-state index contributed by atoms with van der Waals surface area (Å²) in [6, 6.07) is 0. The van der Waals surface area contributed by atoms with Gasteiger partial charge in [-0.1, -0.05) is 12.1 Å². The van der Waals surface area contributed by atoms with Crippen molar-refractivity contribution < 1.29 is 14.4 Å². The van der Waals surface area contributed by atoms with E-state index in [0.717, 1.165) is 25.1 Å². The van der Waals surface area contributed by atoms with Crippen LogP contribution in [0.4, 0.5) is 0 Å². The van der Waals surface area contributed by atoms with Crippen LogP contribution in [0.15, 0.2) is 4.52 Å². The lowest BCUT2D eigenvalue weighted by Crippen LogP contribution is -2.41. The molecule has 0 bridgehead atoms. The Kier molecular flexibility index (Phi) is 4.01. The van der Waals surface area contributed by atoms with Crippen molar-refractivity contribution in [2.75, 3.05) is 19.7 Å². The number of carbonyl (C=O) groups is 1. The van der Waals surface area contributed by atoms with Gasteiger partial charge in [0.15, 0.2) is 0 Å². The van der Waals surface area contributed by atoms with Crippen molar-refractivity contribution in [1.82, 2.24) is 10.1 Å². The molecule has 1 aliphatic rings. The van der Waals surface area contributed by atoms with Gasteiger partial charge in [-0.05, 0) is 32.1 Å². The molecule has 1 fully saturated rings. The van der Waals surface area contributed by atoms with Crippen LogP contribution in [0.25, 0.3) is 0 Å². The maximum absolute atomic E-state index is 12.5. The summed E-state index contributed by atoms with van der Waals surface area (Å²) in [5, 5.41) is 13.1. The van der Waals surface area contributed by atoms with Gasteiger partial charge >= 0.3 is 0 Å². The standard InChI is InChI=1S/C13H20N2O3/c1-3-11-12(9(2)18-14-11)13(17)15-6-4-5-10(7-15)8-16/h10,16H,3-8H2,1-2H3. The summed E-state index contributed by atoms with van der Waals surface area (Å²) in [4.78, 5) is 14.3. The van der Waals surface area contributed by atoms with E-state index in [1.54, 1.807) is 6.92 Å². The molecule has 1 atom stereocenters. The molecule has 0 saturated carbocycles. The monoisotopic (exact) mass is 252 g/mol. The van der Waals surface area contributed by atoms with Crippen LogP contribution >= 0.6 is 0 Å². The molecule has 5 heteroatoms. The third-order valence-electron chi connectivity index (χ3n) is 3.55. The van der Waals surface area contributed by atoms with Crippen molar-refractivity contribution in [3.05, 3.63) is 17.0 Å². The Morgan fingerprint density at radius 2 is 2.39 bits per heavy atom. The van der Waals surface area contributed by atoms with Gasteiger partial charge in [-0.3, -0.25) is 4.79 Å². The van der Waals surface area contributed by atoms with Gasteiger partial charge in [0.1, 0.15) is 11.3 Å². The first-order valence-corrected chi connectivity index (χ1v) is 6.52. The second kappa shape index (κ2) is 5.52. The predicted octanol–water partition coefficient (Wildman–Crippen LogP) is 1.39. The molecule has 100 valence electrons. The van der Waals surface area contributed by atoms with Crippen LogP contribution in [0.5, 0.6) is 0 Å². The lowest BCUT2D eigenvalue weighted by Gasteiger charge is -2.31. The molecule has 1 saturated heterocycles. The van der Waals surface area contributed by atoms with Crippen LogP contribution in [0.1, 0.15) is 41.6 Å². The summed E-state index contributed by atoms with van der Waals surface area (Å²) >= 11 is 0. The molecule has 0 spiro atoms. The molecular weight excluding hydrogens is 232 g/mol. The highest BCUT2D eigenvalue weighted by atomic mass is 16.5. The summed E-state index contributed by atoms with van der Waals surface area (Å²) in [5.41, 5.74) is 1.33. The van der Waals surface area contributed by atoms with Gasteiger partial charge in [-0.15, -0.1) is 0 Å². The number of hydrogen-bond acceptors (Lipinski definition) is 4. The summed E-state index contributed by atoms with van der Waals surface area (Å²) in [6.07, 6.45) is 2.63. The van der Waals surface area contributed by atoms with Crippen molar-refractivity contribution in [3.63, 3.8) is 0 Å². The van der Waals surface area contributed by atoms with Gasteiger partial charge in [-0.25, -0.2) is 0 Å². The van der Waals surface area contributed by atoms with E-state index in [1.165, 1.54) is 0 Å². The molecule has 2 heterocycles. The molecule has 1 aliphatic heterocycles. The van der Waals surface area contributed by atoms with E-state index in [0.29, 0.717) is 24.3 Å². The Bertz CT molecular complexity index is 428. The number of hydrogen-bond donors (Lipinski definition) is 1. The van der Waals surface area contributed by atoms with Crippen molar-refractivity contribution in [2.24, 2.45) is 5.92 Å². The fraction of sp³-hybridized carbons (Fsp3) is 0.692. The third-order valence-corrected chi connectivity index (χ3v) is 3.55. The summed E-state index contributed by atoms with van der Waals surface area (Å²) in [7, 11) is 0. The second-order valence-electron chi connectivity index (χ2n) is 4.86. The van der Waals surface area contributed by atoms with Crippen molar-refractivity contribution in [1.29, 1.82) is 0 Å². The van der Waals surface area contributed by atoms with Crippen molar-refractivity contribution in [2.45, 2.75) is 33.1 Å². The van der Waals surface area contributed by atoms with Gasteiger partial charge < -0.3 is 14.5 Å². The van der Waals surface area contributed by atoms with Crippen LogP contribution in [-0.2, 0) is 6.42 Å². The first-order chi connectivity index (χ1) is 8.67. The lowest BCUT2D eigenvalue weighted by molar-refractivity contribution is 0.0618. The van der Waals surface area contributed by atoms with E-state index in [-0.39, 0.29) is 18.4 Å². The van der Waals surface area contributed by atoms with Crippen LogP contribution in [0.3, 0.4) is 0 Å². The van der Waals surface area contributed by atoms with Gasteiger partial charge in [0, 0.05) is 19.7 Å².